The van der Waals surface area contributed by atoms with Gasteiger partial charge in [-0.2, -0.15) is 13.2 Å². The first-order valence-corrected chi connectivity index (χ1v) is 5.88. The van der Waals surface area contributed by atoms with Crippen LogP contribution in [0, 0.1) is 0 Å². The van der Waals surface area contributed by atoms with E-state index in [2.05, 4.69) is 0 Å². The quantitative estimate of drug-likeness (QED) is 0.887. The molecule has 0 atom stereocenters. The number of aliphatic hydroxyl groups is 1. The maximum Gasteiger partial charge on any atom is 0.416 e. The van der Waals surface area contributed by atoms with Crippen molar-refractivity contribution < 1.29 is 18.3 Å². The average molecular weight is 276 g/mol. The van der Waals surface area contributed by atoms with Gasteiger partial charge < -0.3 is 15.7 Å². The Morgan fingerprint density at radius 3 is 2.26 bits per heavy atom. The molecular formula is C13H19F3N2O. The Balaban J connectivity index is 3.24. The number of anilines is 1. The van der Waals surface area contributed by atoms with E-state index in [4.69, 9.17) is 5.73 Å². The van der Waals surface area contributed by atoms with Crippen LogP contribution in [0.1, 0.15) is 25.0 Å². The fourth-order valence-corrected chi connectivity index (χ4v) is 1.68. The lowest BCUT2D eigenvalue weighted by Crippen LogP contribution is -2.45. The highest BCUT2D eigenvalue weighted by Gasteiger charge is 2.32. The van der Waals surface area contributed by atoms with Gasteiger partial charge in [-0.05, 0) is 37.6 Å². The molecule has 0 heterocycles. The smallest absolute Gasteiger partial charge is 0.394 e. The largest absolute Gasteiger partial charge is 0.416 e. The standard InChI is InChI=1S/C13H19F3N2O/c1-12(2,8-19)18(3)11-5-4-10(13(14,15)16)6-9(11)7-17/h4-6,19H,7-8,17H2,1-3H3. The molecule has 0 fully saturated rings. The van der Waals surface area contributed by atoms with E-state index in [1.165, 1.54) is 6.07 Å². The van der Waals surface area contributed by atoms with Crippen molar-refractivity contribution in [1.82, 2.24) is 0 Å². The topological polar surface area (TPSA) is 49.5 Å². The number of aliphatic hydroxyl groups excluding tert-OH is 1. The summed E-state index contributed by atoms with van der Waals surface area (Å²) in [6.07, 6.45) is -4.38. The molecule has 1 rings (SSSR count). The fraction of sp³-hybridized carbons (Fsp3) is 0.538. The minimum atomic E-state index is -4.38. The van der Waals surface area contributed by atoms with Gasteiger partial charge in [0.1, 0.15) is 0 Å². The summed E-state index contributed by atoms with van der Waals surface area (Å²) in [5.41, 5.74) is 5.23. The van der Waals surface area contributed by atoms with Crippen LogP contribution in [0.15, 0.2) is 18.2 Å². The van der Waals surface area contributed by atoms with E-state index >= 15 is 0 Å². The summed E-state index contributed by atoms with van der Waals surface area (Å²) >= 11 is 0. The Hall–Kier alpha value is -1.27. The predicted molar refractivity (Wildman–Crippen MR) is 68.9 cm³/mol. The van der Waals surface area contributed by atoms with Gasteiger partial charge in [-0.3, -0.25) is 0 Å². The second-order valence-electron chi connectivity index (χ2n) is 5.07. The first-order valence-electron chi connectivity index (χ1n) is 5.88. The minimum Gasteiger partial charge on any atom is -0.394 e. The molecule has 0 bridgehead atoms. The number of benzene rings is 1. The van der Waals surface area contributed by atoms with Gasteiger partial charge in [0.15, 0.2) is 0 Å². The Bertz CT molecular complexity index is 444. The number of hydrogen-bond acceptors (Lipinski definition) is 3. The van der Waals surface area contributed by atoms with Crippen LogP contribution in [-0.2, 0) is 12.7 Å². The predicted octanol–water partition coefficient (Wildman–Crippen LogP) is 2.37. The van der Waals surface area contributed by atoms with Crippen molar-refractivity contribution in [2.24, 2.45) is 5.73 Å². The van der Waals surface area contributed by atoms with Crippen LogP contribution in [0.2, 0.25) is 0 Å². The van der Waals surface area contributed by atoms with Gasteiger partial charge in [-0.25, -0.2) is 0 Å². The fourth-order valence-electron chi connectivity index (χ4n) is 1.68. The van der Waals surface area contributed by atoms with Crippen molar-refractivity contribution in [2.45, 2.75) is 32.1 Å². The summed E-state index contributed by atoms with van der Waals surface area (Å²) in [5.74, 6) is 0. The van der Waals surface area contributed by atoms with Gasteiger partial charge in [-0.15, -0.1) is 0 Å². The SMILES string of the molecule is CN(c1ccc(C(F)(F)F)cc1CN)C(C)(C)CO. The molecule has 0 amide bonds. The highest BCUT2D eigenvalue weighted by Crippen LogP contribution is 2.34. The summed E-state index contributed by atoms with van der Waals surface area (Å²) in [6, 6.07) is 3.47. The first kappa shape index (κ1) is 15.8. The van der Waals surface area contributed by atoms with E-state index in [1.807, 2.05) is 0 Å². The molecule has 3 nitrogen and oxygen atoms in total. The first-order chi connectivity index (χ1) is 8.63. The van der Waals surface area contributed by atoms with Crippen molar-refractivity contribution in [1.29, 1.82) is 0 Å². The molecule has 6 heteroatoms. The highest BCUT2D eigenvalue weighted by atomic mass is 19.4. The molecule has 0 saturated heterocycles. The lowest BCUT2D eigenvalue weighted by molar-refractivity contribution is -0.137. The summed E-state index contributed by atoms with van der Waals surface area (Å²) in [7, 11) is 1.72. The van der Waals surface area contributed by atoms with Crippen molar-refractivity contribution in [3.05, 3.63) is 29.3 Å². The number of hydrogen-bond donors (Lipinski definition) is 2. The Labute approximate surface area is 110 Å². The zero-order valence-corrected chi connectivity index (χ0v) is 11.3. The molecule has 108 valence electrons. The van der Waals surface area contributed by atoms with E-state index in [9.17, 15) is 18.3 Å². The number of nitrogens with zero attached hydrogens (tertiary/aromatic N) is 1. The van der Waals surface area contributed by atoms with Gasteiger partial charge in [0.05, 0.1) is 17.7 Å². The summed E-state index contributed by atoms with van der Waals surface area (Å²) in [5, 5.41) is 9.32. The average Bonchev–Trinajstić information content (AvgIpc) is 2.35. The normalized spacial score (nSPS) is 12.6. The molecule has 0 spiro atoms. The Morgan fingerprint density at radius 1 is 1.26 bits per heavy atom. The minimum absolute atomic E-state index is 0.00506. The zero-order chi connectivity index (χ0) is 14.8. The summed E-state index contributed by atoms with van der Waals surface area (Å²) in [4.78, 5) is 1.73. The summed E-state index contributed by atoms with van der Waals surface area (Å²) < 4.78 is 37.9. The van der Waals surface area contributed by atoms with E-state index in [0.29, 0.717) is 11.3 Å². The summed E-state index contributed by atoms with van der Waals surface area (Å²) in [6.45, 7) is 3.48. The van der Waals surface area contributed by atoms with Crippen molar-refractivity contribution in [3.8, 4) is 0 Å². The van der Waals surface area contributed by atoms with E-state index in [1.54, 1.807) is 25.8 Å². The molecule has 19 heavy (non-hydrogen) atoms. The number of rotatable bonds is 4. The monoisotopic (exact) mass is 276 g/mol. The maximum atomic E-state index is 12.6. The van der Waals surface area contributed by atoms with E-state index in [0.717, 1.165) is 12.1 Å². The molecule has 0 aromatic heterocycles. The van der Waals surface area contributed by atoms with Gasteiger partial charge >= 0.3 is 6.18 Å². The third-order valence-electron chi connectivity index (χ3n) is 3.28. The number of nitrogens with two attached hydrogens (primary N) is 1. The number of likely N-dealkylation sites (N-methyl/N-ethyl adjacent to an activating group) is 1. The van der Waals surface area contributed by atoms with Crippen molar-refractivity contribution in [3.63, 3.8) is 0 Å². The van der Waals surface area contributed by atoms with Gasteiger partial charge in [0, 0.05) is 19.3 Å². The van der Waals surface area contributed by atoms with Crippen molar-refractivity contribution >= 4 is 5.69 Å². The van der Waals surface area contributed by atoms with Crippen LogP contribution in [0.3, 0.4) is 0 Å². The molecular weight excluding hydrogens is 257 g/mol. The second kappa shape index (κ2) is 5.38. The molecule has 0 saturated carbocycles. The van der Waals surface area contributed by atoms with Crippen molar-refractivity contribution in [2.75, 3.05) is 18.6 Å². The van der Waals surface area contributed by atoms with Crippen LogP contribution in [-0.4, -0.2) is 24.3 Å². The lowest BCUT2D eigenvalue weighted by atomic mass is 10.0. The molecule has 0 unspecified atom stereocenters. The third-order valence-corrected chi connectivity index (χ3v) is 3.28. The van der Waals surface area contributed by atoms with Gasteiger partial charge in [0.25, 0.3) is 0 Å². The number of alkyl halides is 3. The molecule has 3 N–H and O–H groups in total. The van der Waals surface area contributed by atoms with E-state index in [-0.39, 0.29) is 13.2 Å². The third kappa shape index (κ3) is 3.39. The van der Waals surface area contributed by atoms with Crippen LogP contribution < -0.4 is 10.6 Å². The highest BCUT2D eigenvalue weighted by molar-refractivity contribution is 5.56. The molecule has 1 aromatic rings. The van der Waals surface area contributed by atoms with Crippen LogP contribution >= 0.6 is 0 Å². The van der Waals surface area contributed by atoms with Crippen LogP contribution in [0.25, 0.3) is 0 Å². The molecule has 0 aliphatic rings. The molecule has 0 aliphatic carbocycles. The van der Waals surface area contributed by atoms with Crippen LogP contribution in [0.4, 0.5) is 18.9 Å². The zero-order valence-electron chi connectivity index (χ0n) is 11.3. The Kier molecular flexibility index (Phi) is 4.47. The molecule has 1 aromatic carbocycles. The van der Waals surface area contributed by atoms with Gasteiger partial charge in [0.2, 0.25) is 0 Å². The Morgan fingerprint density at radius 2 is 1.84 bits per heavy atom. The number of halogens is 3. The molecule has 0 radical (unpaired) electrons. The maximum absolute atomic E-state index is 12.6. The molecule has 0 aliphatic heterocycles. The van der Waals surface area contributed by atoms with Crippen LogP contribution in [0.5, 0.6) is 0 Å². The lowest BCUT2D eigenvalue weighted by Gasteiger charge is -2.37. The van der Waals surface area contributed by atoms with E-state index < -0.39 is 17.3 Å². The second-order valence-corrected chi connectivity index (χ2v) is 5.07. The van der Waals surface area contributed by atoms with Gasteiger partial charge in [-0.1, -0.05) is 0 Å².